The number of fused-ring (bicyclic) bond motifs is 1. The van der Waals surface area contributed by atoms with Gasteiger partial charge in [0.05, 0.1) is 25.7 Å². The van der Waals surface area contributed by atoms with Crippen LogP contribution in [0.3, 0.4) is 0 Å². The first kappa shape index (κ1) is 27.5. The standard InChI is InChI=1S/C32H36N8O2/c1-22-16-28(29(33)17-23(22)2)32-35-37-40(36-32)27-6-4-24(5-7-27)8-11-38-12-9-25-18-30(41-3)31(19-26(25)20-38)42-15-14-39-13-10-34-21-39/h4-7,10,13,16-19,21H,8-9,11-12,14-15,20,33H2,1-3H3. The Morgan fingerprint density at radius 2 is 1.76 bits per heavy atom. The van der Waals surface area contributed by atoms with E-state index in [9.17, 15) is 0 Å². The number of nitrogen functional groups attached to an aromatic ring is 1. The predicted molar refractivity (Wildman–Crippen MR) is 162 cm³/mol. The van der Waals surface area contributed by atoms with Gasteiger partial charge in [-0.3, -0.25) is 4.90 Å². The Labute approximate surface area is 245 Å². The molecule has 0 radical (unpaired) electrons. The zero-order valence-electron chi connectivity index (χ0n) is 24.3. The van der Waals surface area contributed by atoms with Crippen LogP contribution in [-0.2, 0) is 25.9 Å². The fourth-order valence-electron chi connectivity index (χ4n) is 5.31. The zero-order valence-corrected chi connectivity index (χ0v) is 24.3. The van der Waals surface area contributed by atoms with Gasteiger partial charge in [-0.1, -0.05) is 12.1 Å². The van der Waals surface area contributed by atoms with Gasteiger partial charge in [-0.05, 0) is 96.1 Å². The van der Waals surface area contributed by atoms with Crippen LogP contribution in [0.2, 0.25) is 0 Å². The summed E-state index contributed by atoms with van der Waals surface area (Å²) in [6.07, 6.45) is 7.45. The van der Waals surface area contributed by atoms with E-state index in [0.29, 0.717) is 18.1 Å². The molecule has 0 fully saturated rings. The quantitative estimate of drug-likeness (QED) is 0.249. The van der Waals surface area contributed by atoms with Gasteiger partial charge in [0.15, 0.2) is 11.5 Å². The lowest BCUT2D eigenvalue weighted by atomic mass is 9.98. The van der Waals surface area contributed by atoms with Crippen LogP contribution >= 0.6 is 0 Å². The monoisotopic (exact) mass is 564 g/mol. The van der Waals surface area contributed by atoms with Crippen molar-refractivity contribution in [3.05, 3.63) is 95.1 Å². The van der Waals surface area contributed by atoms with Crippen molar-refractivity contribution in [3.63, 3.8) is 0 Å². The molecule has 42 heavy (non-hydrogen) atoms. The molecule has 3 aromatic carbocycles. The number of hydrogen-bond acceptors (Lipinski definition) is 8. The Bertz CT molecular complexity index is 1660. The van der Waals surface area contributed by atoms with Gasteiger partial charge in [-0.25, -0.2) is 4.98 Å². The molecule has 0 spiro atoms. The molecule has 10 heteroatoms. The predicted octanol–water partition coefficient (Wildman–Crippen LogP) is 4.41. The van der Waals surface area contributed by atoms with Gasteiger partial charge in [0.2, 0.25) is 5.82 Å². The molecule has 1 aliphatic rings. The van der Waals surface area contributed by atoms with E-state index < -0.39 is 0 Å². The molecule has 0 atom stereocenters. The second-order valence-electron chi connectivity index (χ2n) is 10.8. The summed E-state index contributed by atoms with van der Waals surface area (Å²) >= 11 is 0. The third kappa shape index (κ3) is 5.99. The normalized spacial score (nSPS) is 13.2. The second-order valence-corrected chi connectivity index (χ2v) is 10.8. The molecule has 216 valence electrons. The molecular formula is C32H36N8O2. The Kier molecular flexibility index (Phi) is 7.87. The fraction of sp³-hybridized carbons (Fsp3) is 0.312. The van der Waals surface area contributed by atoms with Crippen LogP contribution in [0.4, 0.5) is 5.69 Å². The Balaban J connectivity index is 1.06. The topological polar surface area (TPSA) is 109 Å². The van der Waals surface area contributed by atoms with Crippen LogP contribution in [0.25, 0.3) is 17.1 Å². The van der Waals surface area contributed by atoms with Crippen molar-refractivity contribution >= 4 is 5.69 Å². The van der Waals surface area contributed by atoms with Gasteiger partial charge >= 0.3 is 0 Å². The van der Waals surface area contributed by atoms with E-state index in [1.54, 1.807) is 24.4 Å². The summed E-state index contributed by atoms with van der Waals surface area (Å²) in [6.45, 7) is 8.26. The molecule has 0 aliphatic carbocycles. The summed E-state index contributed by atoms with van der Waals surface area (Å²) in [5, 5.41) is 13.1. The average molecular weight is 565 g/mol. The second kappa shape index (κ2) is 12.0. The zero-order chi connectivity index (χ0) is 29.1. The number of rotatable bonds is 10. The minimum atomic E-state index is 0.523. The number of aryl methyl sites for hydroxylation is 2. The first-order valence-electron chi connectivity index (χ1n) is 14.2. The number of tetrazole rings is 1. The Morgan fingerprint density at radius 1 is 0.952 bits per heavy atom. The van der Waals surface area contributed by atoms with Crippen LogP contribution < -0.4 is 15.2 Å². The van der Waals surface area contributed by atoms with Crippen LogP contribution in [0.5, 0.6) is 11.5 Å². The van der Waals surface area contributed by atoms with E-state index in [0.717, 1.165) is 72.9 Å². The number of methoxy groups -OCH3 is 1. The number of ether oxygens (including phenoxy) is 2. The summed E-state index contributed by atoms with van der Waals surface area (Å²) in [6, 6.07) is 16.6. The first-order valence-corrected chi connectivity index (χ1v) is 14.2. The van der Waals surface area contributed by atoms with Crippen LogP contribution in [0.1, 0.15) is 27.8 Å². The molecule has 3 heterocycles. The molecule has 0 saturated carbocycles. The molecule has 0 saturated heterocycles. The van der Waals surface area contributed by atoms with E-state index in [-0.39, 0.29) is 0 Å². The number of nitrogens with zero attached hydrogens (tertiary/aromatic N) is 7. The molecule has 5 aromatic rings. The Morgan fingerprint density at radius 3 is 2.55 bits per heavy atom. The maximum absolute atomic E-state index is 6.23. The highest BCUT2D eigenvalue weighted by Crippen LogP contribution is 2.34. The fourth-order valence-corrected chi connectivity index (χ4v) is 5.31. The lowest BCUT2D eigenvalue weighted by Crippen LogP contribution is -2.32. The molecule has 6 rings (SSSR count). The highest BCUT2D eigenvalue weighted by Gasteiger charge is 2.20. The van der Waals surface area contributed by atoms with Gasteiger partial charge in [-0.2, -0.15) is 0 Å². The molecule has 2 N–H and O–H groups in total. The van der Waals surface area contributed by atoms with Gasteiger partial charge < -0.3 is 19.8 Å². The number of aromatic nitrogens is 6. The number of benzene rings is 3. The smallest absolute Gasteiger partial charge is 0.207 e. The third-order valence-corrected chi connectivity index (χ3v) is 7.95. The third-order valence-electron chi connectivity index (χ3n) is 7.95. The van der Waals surface area contributed by atoms with Crippen molar-refractivity contribution in [1.29, 1.82) is 0 Å². The molecule has 0 unspecified atom stereocenters. The number of hydrogen-bond donors (Lipinski definition) is 1. The number of imidazole rings is 1. The maximum Gasteiger partial charge on any atom is 0.207 e. The highest BCUT2D eigenvalue weighted by molar-refractivity contribution is 5.72. The van der Waals surface area contributed by atoms with Crippen LogP contribution in [0, 0.1) is 13.8 Å². The SMILES string of the molecule is COc1cc2c(cc1OCCn1ccnc1)CN(CCc1ccc(-n3nnc(-c4cc(C)c(C)cc4N)n3)cc1)CC2. The average Bonchev–Trinajstić information content (AvgIpc) is 3.71. The van der Waals surface area contributed by atoms with Crippen LogP contribution in [-0.4, -0.2) is 61.5 Å². The molecule has 0 bridgehead atoms. The minimum absolute atomic E-state index is 0.523. The minimum Gasteiger partial charge on any atom is -0.493 e. The summed E-state index contributed by atoms with van der Waals surface area (Å²) in [5.74, 6) is 2.10. The van der Waals surface area contributed by atoms with Crippen molar-refractivity contribution in [1.82, 2.24) is 34.7 Å². The number of anilines is 1. The van der Waals surface area contributed by atoms with E-state index in [2.05, 4.69) is 56.5 Å². The van der Waals surface area contributed by atoms with Crippen molar-refractivity contribution in [2.24, 2.45) is 0 Å². The molecule has 2 aromatic heterocycles. The molecule has 1 aliphatic heterocycles. The van der Waals surface area contributed by atoms with Crippen molar-refractivity contribution in [2.45, 2.75) is 39.8 Å². The van der Waals surface area contributed by atoms with Gasteiger partial charge in [-0.15, -0.1) is 15.0 Å². The molecular weight excluding hydrogens is 528 g/mol. The van der Waals surface area contributed by atoms with E-state index in [4.69, 9.17) is 15.2 Å². The van der Waals surface area contributed by atoms with Gasteiger partial charge in [0.1, 0.15) is 6.61 Å². The summed E-state index contributed by atoms with van der Waals surface area (Å²) in [5.41, 5.74) is 14.7. The summed E-state index contributed by atoms with van der Waals surface area (Å²) in [4.78, 5) is 8.14. The number of nitrogens with two attached hydrogens (primary N) is 1. The van der Waals surface area contributed by atoms with E-state index >= 15 is 0 Å². The first-order chi connectivity index (χ1) is 20.5. The summed E-state index contributed by atoms with van der Waals surface area (Å²) in [7, 11) is 1.70. The molecule has 10 nitrogen and oxygen atoms in total. The molecule has 0 amide bonds. The maximum atomic E-state index is 6.23. The largest absolute Gasteiger partial charge is 0.493 e. The van der Waals surface area contributed by atoms with Crippen molar-refractivity contribution in [3.8, 4) is 28.6 Å². The van der Waals surface area contributed by atoms with Crippen molar-refractivity contribution < 1.29 is 9.47 Å². The van der Waals surface area contributed by atoms with Crippen molar-refractivity contribution in [2.75, 3.05) is 32.5 Å². The summed E-state index contributed by atoms with van der Waals surface area (Å²) < 4.78 is 13.7. The van der Waals surface area contributed by atoms with Gasteiger partial charge in [0.25, 0.3) is 0 Å². The van der Waals surface area contributed by atoms with E-state index in [1.165, 1.54) is 16.7 Å². The lowest BCUT2D eigenvalue weighted by Gasteiger charge is -2.29. The highest BCUT2D eigenvalue weighted by atomic mass is 16.5. The lowest BCUT2D eigenvalue weighted by molar-refractivity contribution is 0.252. The van der Waals surface area contributed by atoms with E-state index in [1.807, 2.05) is 42.0 Å². The van der Waals surface area contributed by atoms with Crippen LogP contribution in [0.15, 0.2) is 67.3 Å². The van der Waals surface area contributed by atoms with Gasteiger partial charge in [0, 0.05) is 43.3 Å². The Hall–Kier alpha value is -4.70.